The van der Waals surface area contributed by atoms with Gasteiger partial charge in [0.25, 0.3) is 0 Å². The summed E-state index contributed by atoms with van der Waals surface area (Å²) in [6.07, 6.45) is 14.9. The van der Waals surface area contributed by atoms with Crippen molar-refractivity contribution in [2.24, 2.45) is 0 Å². The fourth-order valence-corrected chi connectivity index (χ4v) is 2.23. The highest BCUT2D eigenvalue weighted by atomic mass is 35.5. The molecule has 0 saturated heterocycles. The van der Waals surface area contributed by atoms with Crippen LogP contribution in [0, 0.1) is 6.92 Å². The van der Waals surface area contributed by atoms with E-state index in [9.17, 15) is 4.79 Å². The molecule has 0 aliphatic heterocycles. The van der Waals surface area contributed by atoms with Gasteiger partial charge >= 0.3 is 5.63 Å². The molecule has 3 nitrogen and oxygen atoms in total. The van der Waals surface area contributed by atoms with Gasteiger partial charge in [-0.1, -0.05) is 66.3 Å². The number of allylic oxidation sites excluding steroid dienone is 6. The number of hydrogen-bond donors (Lipinski definition) is 0. The van der Waals surface area contributed by atoms with Crippen LogP contribution in [0.4, 0.5) is 0 Å². The number of benzene rings is 1. The van der Waals surface area contributed by atoms with Crippen molar-refractivity contribution < 1.29 is 9.15 Å². The molecule has 4 heteroatoms. The zero-order valence-corrected chi connectivity index (χ0v) is 14.9. The van der Waals surface area contributed by atoms with Crippen molar-refractivity contribution in [1.82, 2.24) is 0 Å². The first kappa shape index (κ1) is 18.6. The van der Waals surface area contributed by atoms with Crippen molar-refractivity contribution in [3.8, 4) is 5.75 Å². The first-order valence-corrected chi connectivity index (χ1v) is 8.10. The average Bonchev–Trinajstić information content (AvgIpc) is 2.60. The Hall–Kier alpha value is -2.78. The van der Waals surface area contributed by atoms with Crippen molar-refractivity contribution in [2.45, 2.75) is 6.92 Å². The van der Waals surface area contributed by atoms with Gasteiger partial charge in [0.1, 0.15) is 11.5 Å². The molecule has 0 N–H and O–H groups in total. The molecule has 2 rings (SSSR count). The first-order valence-electron chi connectivity index (χ1n) is 7.72. The van der Waals surface area contributed by atoms with E-state index in [0.717, 1.165) is 10.6 Å². The number of ether oxygens (including phenoxy) is 1. The van der Waals surface area contributed by atoms with Crippen LogP contribution < -0.4 is 10.4 Å². The molecule has 0 aliphatic rings. The summed E-state index contributed by atoms with van der Waals surface area (Å²) in [6, 6.07) is 9.32. The quantitative estimate of drug-likeness (QED) is 0.647. The molecule has 0 aliphatic carbocycles. The Balaban J connectivity index is 1.91. The summed E-state index contributed by atoms with van der Waals surface area (Å²) in [5.41, 5.74) is 1.11. The van der Waals surface area contributed by atoms with Gasteiger partial charge in [-0.15, -0.1) is 0 Å². The van der Waals surface area contributed by atoms with Crippen molar-refractivity contribution in [1.29, 1.82) is 0 Å². The fraction of sp³-hybridized carbons (Fsp3) is 0.0952. The van der Waals surface area contributed by atoms with E-state index in [4.69, 9.17) is 20.8 Å². The van der Waals surface area contributed by atoms with E-state index in [1.165, 1.54) is 7.11 Å². The number of methoxy groups -OCH3 is 1. The second kappa shape index (κ2) is 9.50. The highest BCUT2D eigenvalue weighted by Crippen LogP contribution is 2.16. The summed E-state index contributed by atoms with van der Waals surface area (Å²) >= 11 is 5.92. The molecule has 0 radical (unpaired) electrons. The lowest BCUT2D eigenvalue weighted by Gasteiger charge is -2.02. The Bertz CT molecular complexity index is 886. The van der Waals surface area contributed by atoms with Gasteiger partial charge in [0.05, 0.1) is 12.7 Å². The Morgan fingerprint density at radius 2 is 1.68 bits per heavy atom. The lowest BCUT2D eigenvalue weighted by molar-refractivity contribution is 0.395. The second-order valence-corrected chi connectivity index (χ2v) is 5.61. The molecule has 0 amide bonds. The molecule has 0 saturated carbocycles. The highest BCUT2D eigenvalue weighted by molar-refractivity contribution is 6.30. The maximum atomic E-state index is 11.6. The maximum Gasteiger partial charge on any atom is 0.342 e. The van der Waals surface area contributed by atoms with Gasteiger partial charge in [0.15, 0.2) is 0 Å². The Labute approximate surface area is 152 Å². The Morgan fingerprint density at radius 1 is 1.00 bits per heavy atom. The molecule has 1 aromatic heterocycles. The van der Waals surface area contributed by atoms with Crippen molar-refractivity contribution in [3.63, 3.8) is 0 Å². The molecule has 0 bridgehead atoms. The predicted octanol–water partition coefficient (Wildman–Crippen LogP) is 5.45. The van der Waals surface area contributed by atoms with Gasteiger partial charge in [0.2, 0.25) is 0 Å². The minimum atomic E-state index is -0.394. The molecule has 0 unspecified atom stereocenters. The third kappa shape index (κ3) is 5.98. The highest BCUT2D eigenvalue weighted by Gasteiger charge is 2.05. The Morgan fingerprint density at radius 3 is 2.36 bits per heavy atom. The van der Waals surface area contributed by atoms with Crippen LogP contribution in [0.3, 0.4) is 0 Å². The van der Waals surface area contributed by atoms with Crippen molar-refractivity contribution in [2.75, 3.05) is 7.11 Å². The molecule has 1 aromatic carbocycles. The fourth-order valence-electron chi connectivity index (χ4n) is 2.03. The molecule has 0 atom stereocenters. The number of halogens is 1. The lowest BCUT2D eigenvalue weighted by atomic mass is 10.2. The summed E-state index contributed by atoms with van der Waals surface area (Å²) in [6.45, 7) is 1.67. The summed E-state index contributed by atoms with van der Waals surface area (Å²) in [5.74, 6) is 0.966. The van der Waals surface area contributed by atoms with Gasteiger partial charge in [-0.2, -0.15) is 0 Å². The van der Waals surface area contributed by atoms with E-state index >= 15 is 0 Å². The third-order valence-corrected chi connectivity index (χ3v) is 3.57. The van der Waals surface area contributed by atoms with Crippen LogP contribution in [-0.4, -0.2) is 7.11 Å². The standard InChI is InChI=1S/C21H19ClO3/c1-16-20(24-2)15-19(25-21(16)23)13-8-6-4-3-5-7-10-17-11-9-12-18(22)14-17/h3-15H,1-2H3. The van der Waals surface area contributed by atoms with E-state index in [1.54, 1.807) is 25.1 Å². The average molecular weight is 355 g/mol. The van der Waals surface area contributed by atoms with Crippen LogP contribution in [0.5, 0.6) is 5.75 Å². The molecular formula is C21H19ClO3. The number of rotatable bonds is 6. The normalized spacial score (nSPS) is 12.1. The summed E-state index contributed by atoms with van der Waals surface area (Å²) in [4.78, 5) is 11.6. The largest absolute Gasteiger partial charge is 0.496 e. The van der Waals surface area contributed by atoms with E-state index in [0.29, 0.717) is 17.1 Å². The Kier molecular flexibility index (Phi) is 7.05. The smallest absolute Gasteiger partial charge is 0.342 e. The van der Waals surface area contributed by atoms with Gasteiger partial charge in [0, 0.05) is 11.1 Å². The minimum Gasteiger partial charge on any atom is -0.496 e. The van der Waals surface area contributed by atoms with Gasteiger partial charge in [-0.05, 0) is 30.7 Å². The predicted molar refractivity (Wildman–Crippen MR) is 104 cm³/mol. The summed E-state index contributed by atoms with van der Waals surface area (Å²) < 4.78 is 10.3. The minimum absolute atomic E-state index is 0.394. The molecule has 25 heavy (non-hydrogen) atoms. The van der Waals surface area contributed by atoms with Gasteiger partial charge in [-0.25, -0.2) is 4.79 Å². The van der Waals surface area contributed by atoms with Crippen LogP contribution >= 0.6 is 11.6 Å². The lowest BCUT2D eigenvalue weighted by Crippen LogP contribution is -2.05. The van der Waals surface area contributed by atoms with Crippen molar-refractivity contribution in [3.05, 3.63) is 99.1 Å². The van der Waals surface area contributed by atoms with E-state index in [-0.39, 0.29) is 0 Å². The monoisotopic (exact) mass is 354 g/mol. The molecule has 1 heterocycles. The van der Waals surface area contributed by atoms with Crippen LogP contribution in [0.2, 0.25) is 5.02 Å². The van der Waals surface area contributed by atoms with Crippen LogP contribution in [-0.2, 0) is 0 Å². The molecule has 2 aromatic rings. The molecule has 128 valence electrons. The molecular weight excluding hydrogens is 336 g/mol. The topological polar surface area (TPSA) is 39.4 Å². The van der Waals surface area contributed by atoms with Gasteiger partial charge in [-0.3, -0.25) is 0 Å². The number of hydrogen-bond acceptors (Lipinski definition) is 3. The zero-order valence-electron chi connectivity index (χ0n) is 14.1. The van der Waals surface area contributed by atoms with Crippen LogP contribution in [0.15, 0.2) is 76.0 Å². The van der Waals surface area contributed by atoms with Crippen LogP contribution in [0.1, 0.15) is 16.9 Å². The van der Waals surface area contributed by atoms with Crippen molar-refractivity contribution >= 4 is 23.8 Å². The summed E-state index contributed by atoms with van der Waals surface area (Å²) in [7, 11) is 1.52. The second-order valence-electron chi connectivity index (χ2n) is 5.17. The zero-order chi connectivity index (χ0) is 18.1. The van der Waals surface area contributed by atoms with Gasteiger partial charge < -0.3 is 9.15 Å². The molecule has 0 fully saturated rings. The maximum absolute atomic E-state index is 11.6. The SMILES string of the molecule is COc1cc(C=CC=CC=CC=Cc2cccc(Cl)c2)oc(=O)c1C. The van der Waals surface area contributed by atoms with Crippen LogP contribution in [0.25, 0.3) is 12.2 Å². The summed E-state index contributed by atoms with van der Waals surface area (Å²) in [5, 5.41) is 0.718. The van der Waals surface area contributed by atoms with E-state index in [1.807, 2.05) is 60.7 Å². The van der Waals surface area contributed by atoms with E-state index < -0.39 is 5.63 Å². The van der Waals surface area contributed by atoms with E-state index in [2.05, 4.69) is 0 Å². The first-order chi connectivity index (χ1) is 12.1. The third-order valence-electron chi connectivity index (χ3n) is 3.33. The molecule has 0 spiro atoms.